The van der Waals surface area contributed by atoms with Crippen LogP contribution in [0.4, 0.5) is 0 Å². The van der Waals surface area contributed by atoms with Crippen LogP contribution in [0.5, 0.6) is 0 Å². The third kappa shape index (κ3) is 5.10. The highest BCUT2D eigenvalue weighted by Gasteiger charge is 2.19. The molecule has 0 unspecified atom stereocenters. The van der Waals surface area contributed by atoms with Crippen LogP contribution in [0, 0.1) is 5.92 Å². The predicted octanol–water partition coefficient (Wildman–Crippen LogP) is 3.36. The second-order valence-electron chi connectivity index (χ2n) is 6.54. The van der Waals surface area contributed by atoms with E-state index in [-0.39, 0.29) is 24.0 Å². The number of aliphatic imine (C=N–C) groups is 1. The molecule has 5 nitrogen and oxygen atoms in total. The van der Waals surface area contributed by atoms with E-state index in [9.17, 15) is 0 Å². The summed E-state index contributed by atoms with van der Waals surface area (Å²) in [7, 11) is 2.04. The Morgan fingerprint density at radius 2 is 1.88 bits per heavy atom. The number of guanidine groups is 1. The first-order valence-electron chi connectivity index (χ1n) is 9.17. The standard InChI is InChI=1S/C18H33N5.HI/c1-6-16-15(17(7-2)22(5)21-16)13-20-18(19-8-3)23-11-9-14(4)10-12-23;/h14H,6-13H2,1-5H3,(H,19,20);1H. The average molecular weight is 447 g/mol. The predicted molar refractivity (Wildman–Crippen MR) is 112 cm³/mol. The minimum atomic E-state index is 0. The highest BCUT2D eigenvalue weighted by molar-refractivity contribution is 14.0. The first kappa shape index (κ1) is 21.3. The Kier molecular flexibility index (Phi) is 9.08. The van der Waals surface area contributed by atoms with Crippen LogP contribution < -0.4 is 5.32 Å². The van der Waals surface area contributed by atoms with Gasteiger partial charge in [0, 0.05) is 37.9 Å². The van der Waals surface area contributed by atoms with Crippen molar-refractivity contribution in [1.29, 1.82) is 0 Å². The van der Waals surface area contributed by atoms with Gasteiger partial charge in [-0.3, -0.25) is 4.68 Å². The Labute approximate surface area is 164 Å². The van der Waals surface area contributed by atoms with Crippen molar-refractivity contribution in [3.8, 4) is 0 Å². The number of nitrogens with zero attached hydrogens (tertiary/aromatic N) is 4. The molecule has 1 aromatic heterocycles. The Hall–Kier alpha value is -0.790. The number of aromatic nitrogens is 2. The number of halogens is 1. The molecular formula is C18H34IN5. The minimum absolute atomic E-state index is 0. The van der Waals surface area contributed by atoms with Crippen molar-refractivity contribution in [3.63, 3.8) is 0 Å². The number of likely N-dealkylation sites (tertiary alicyclic amines) is 1. The van der Waals surface area contributed by atoms with Crippen LogP contribution >= 0.6 is 24.0 Å². The van der Waals surface area contributed by atoms with E-state index in [1.165, 1.54) is 29.8 Å². The molecule has 0 bridgehead atoms. The van der Waals surface area contributed by atoms with E-state index in [0.717, 1.165) is 50.9 Å². The normalized spacial score (nSPS) is 16.2. The number of piperidine rings is 1. The van der Waals surface area contributed by atoms with Crippen LogP contribution in [0.3, 0.4) is 0 Å². The number of nitrogens with one attached hydrogen (secondary N) is 1. The zero-order valence-corrected chi connectivity index (χ0v) is 18.3. The van der Waals surface area contributed by atoms with Gasteiger partial charge in [-0.15, -0.1) is 24.0 Å². The molecule has 0 aromatic carbocycles. The van der Waals surface area contributed by atoms with Gasteiger partial charge in [0.25, 0.3) is 0 Å². The fourth-order valence-corrected chi connectivity index (χ4v) is 3.37. The maximum absolute atomic E-state index is 4.94. The molecule has 1 fully saturated rings. The van der Waals surface area contributed by atoms with E-state index in [1.807, 2.05) is 11.7 Å². The van der Waals surface area contributed by atoms with E-state index in [2.05, 4.69) is 43.0 Å². The van der Waals surface area contributed by atoms with Gasteiger partial charge >= 0.3 is 0 Å². The molecule has 1 aliphatic heterocycles. The van der Waals surface area contributed by atoms with Crippen LogP contribution in [0.15, 0.2) is 4.99 Å². The number of aryl methyl sites for hydroxylation is 2. The Morgan fingerprint density at radius 1 is 1.21 bits per heavy atom. The third-order valence-electron chi connectivity index (χ3n) is 4.83. The van der Waals surface area contributed by atoms with Crippen LogP contribution in [-0.4, -0.2) is 40.3 Å². The van der Waals surface area contributed by atoms with E-state index in [4.69, 9.17) is 4.99 Å². The summed E-state index contributed by atoms with van der Waals surface area (Å²) in [6.07, 6.45) is 4.50. The summed E-state index contributed by atoms with van der Waals surface area (Å²) in [6, 6.07) is 0. The maximum Gasteiger partial charge on any atom is 0.194 e. The molecule has 0 radical (unpaired) electrons. The van der Waals surface area contributed by atoms with Crippen molar-refractivity contribution in [3.05, 3.63) is 17.0 Å². The summed E-state index contributed by atoms with van der Waals surface area (Å²) in [5.41, 5.74) is 3.82. The zero-order chi connectivity index (χ0) is 16.8. The minimum Gasteiger partial charge on any atom is -0.357 e. The Morgan fingerprint density at radius 3 is 2.42 bits per heavy atom. The zero-order valence-electron chi connectivity index (χ0n) is 15.9. The van der Waals surface area contributed by atoms with E-state index in [1.54, 1.807) is 0 Å². The van der Waals surface area contributed by atoms with Crippen molar-refractivity contribution >= 4 is 29.9 Å². The summed E-state index contributed by atoms with van der Waals surface area (Å²) in [6.45, 7) is 12.7. The fraction of sp³-hybridized carbons (Fsp3) is 0.778. The highest BCUT2D eigenvalue weighted by Crippen LogP contribution is 2.18. The molecule has 1 N–H and O–H groups in total. The SMILES string of the molecule is CCNC(=NCc1c(CC)nn(C)c1CC)N1CCC(C)CC1.I. The van der Waals surface area contributed by atoms with E-state index < -0.39 is 0 Å². The first-order valence-corrected chi connectivity index (χ1v) is 9.17. The topological polar surface area (TPSA) is 45.5 Å². The van der Waals surface area contributed by atoms with Gasteiger partial charge < -0.3 is 10.2 Å². The summed E-state index contributed by atoms with van der Waals surface area (Å²) in [4.78, 5) is 7.35. The van der Waals surface area contributed by atoms with Gasteiger partial charge in [0.05, 0.1) is 12.2 Å². The van der Waals surface area contributed by atoms with E-state index in [0.29, 0.717) is 0 Å². The second kappa shape index (κ2) is 10.3. The number of rotatable bonds is 5. The largest absolute Gasteiger partial charge is 0.357 e. The van der Waals surface area contributed by atoms with Gasteiger partial charge in [-0.25, -0.2) is 4.99 Å². The van der Waals surface area contributed by atoms with Crippen LogP contribution in [-0.2, 0) is 26.4 Å². The van der Waals surface area contributed by atoms with Gasteiger partial charge in [0.15, 0.2) is 5.96 Å². The van der Waals surface area contributed by atoms with Gasteiger partial charge in [-0.2, -0.15) is 5.10 Å². The average Bonchev–Trinajstić information content (AvgIpc) is 2.87. The second-order valence-corrected chi connectivity index (χ2v) is 6.54. The maximum atomic E-state index is 4.94. The summed E-state index contributed by atoms with van der Waals surface area (Å²) < 4.78 is 2.03. The van der Waals surface area contributed by atoms with Crippen molar-refractivity contribution in [2.24, 2.45) is 18.0 Å². The van der Waals surface area contributed by atoms with Crippen LogP contribution in [0.2, 0.25) is 0 Å². The smallest absolute Gasteiger partial charge is 0.194 e. The molecule has 0 aliphatic carbocycles. The molecule has 1 aliphatic rings. The molecule has 138 valence electrons. The molecule has 2 rings (SSSR count). The van der Waals surface area contributed by atoms with Gasteiger partial charge in [0.1, 0.15) is 0 Å². The molecule has 1 saturated heterocycles. The monoisotopic (exact) mass is 447 g/mol. The van der Waals surface area contributed by atoms with Crippen molar-refractivity contribution in [2.75, 3.05) is 19.6 Å². The van der Waals surface area contributed by atoms with Gasteiger partial charge in [0.2, 0.25) is 0 Å². The molecule has 2 heterocycles. The third-order valence-corrected chi connectivity index (χ3v) is 4.83. The molecule has 0 amide bonds. The lowest BCUT2D eigenvalue weighted by molar-refractivity contribution is 0.273. The number of hydrogen-bond donors (Lipinski definition) is 1. The van der Waals surface area contributed by atoms with Crippen molar-refractivity contribution < 1.29 is 0 Å². The molecular weight excluding hydrogens is 413 g/mol. The molecule has 1 aromatic rings. The van der Waals surface area contributed by atoms with Gasteiger partial charge in [-0.1, -0.05) is 20.8 Å². The summed E-state index contributed by atoms with van der Waals surface area (Å²) in [5.74, 6) is 1.90. The molecule has 6 heteroatoms. The Bertz CT molecular complexity index is 530. The lowest BCUT2D eigenvalue weighted by Crippen LogP contribution is -2.45. The lowest BCUT2D eigenvalue weighted by Gasteiger charge is -2.33. The molecule has 24 heavy (non-hydrogen) atoms. The quantitative estimate of drug-likeness (QED) is 0.428. The first-order chi connectivity index (χ1) is 11.1. The van der Waals surface area contributed by atoms with Gasteiger partial charge in [-0.05, 0) is 38.5 Å². The molecule has 0 spiro atoms. The van der Waals surface area contributed by atoms with Crippen LogP contribution in [0.25, 0.3) is 0 Å². The van der Waals surface area contributed by atoms with Crippen molar-refractivity contribution in [2.45, 2.75) is 59.9 Å². The summed E-state index contributed by atoms with van der Waals surface area (Å²) >= 11 is 0. The molecule has 0 atom stereocenters. The Balaban J connectivity index is 0.00000288. The molecule has 0 saturated carbocycles. The fourth-order valence-electron chi connectivity index (χ4n) is 3.37. The van der Waals surface area contributed by atoms with Crippen LogP contribution in [0.1, 0.15) is 57.5 Å². The lowest BCUT2D eigenvalue weighted by atomic mass is 9.99. The van der Waals surface area contributed by atoms with Crippen molar-refractivity contribution in [1.82, 2.24) is 20.0 Å². The number of hydrogen-bond acceptors (Lipinski definition) is 2. The highest BCUT2D eigenvalue weighted by atomic mass is 127. The van der Waals surface area contributed by atoms with E-state index >= 15 is 0 Å². The summed E-state index contributed by atoms with van der Waals surface area (Å²) in [5, 5.41) is 8.13.